The molecule has 2 nitrogen and oxygen atoms in total. The van der Waals surface area contributed by atoms with Gasteiger partial charge in [-0.1, -0.05) is 43.9 Å². The number of benzene rings is 1. The summed E-state index contributed by atoms with van der Waals surface area (Å²) in [5.41, 5.74) is 2.01. The Bertz CT molecular complexity index is 354. The summed E-state index contributed by atoms with van der Waals surface area (Å²) in [6.07, 6.45) is 6.65. The van der Waals surface area contributed by atoms with Crippen LogP contribution in [-0.2, 0) is 6.61 Å². The molecule has 0 bridgehead atoms. The molecule has 1 saturated carbocycles. The Balaban J connectivity index is 1.89. The van der Waals surface area contributed by atoms with Crippen molar-refractivity contribution in [2.24, 2.45) is 5.92 Å². The van der Waals surface area contributed by atoms with Gasteiger partial charge in [-0.25, -0.2) is 0 Å². The van der Waals surface area contributed by atoms with Crippen LogP contribution in [0.1, 0.15) is 43.2 Å². The number of aliphatic hydroxyl groups excluding tert-OH is 1. The molecule has 1 fully saturated rings. The van der Waals surface area contributed by atoms with Crippen LogP contribution in [0.4, 0.5) is 0 Å². The third-order valence-electron chi connectivity index (χ3n) is 3.71. The fraction of sp³-hybridized carbons (Fsp3) is 0.600. The van der Waals surface area contributed by atoms with Crippen molar-refractivity contribution in [3.63, 3.8) is 0 Å². The molecule has 0 amide bonds. The third-order valence-corrected chi connectivity index (χ3v) is 3.71. The molecule has 1 aromatic rings. The zero-order chi connectivity index (χ0) is 12.1. The average Bonchev–Trinajstić information content (AvgIpc) is 2.84. The largest absolute Gasteiger partial charge is 0.493 e. The van der Waals surface area contributed by atoms with E-state index in [0.717, 1.165) is 35.8 Å². The lowest BCUT2D eigenvalue weighted by molar-refractivity contribution is 0.250. The number of hydrogen-bond donors (Lipinski definition) is 1. The zero-order valence-corrected chi connectivity index (χ0v) is 10.6. The topological polar surface area (TPSA) is 29.5 Å². The maximum Gasteiger partial charge on any atom is 0.127 e. The Kier molecular flexibility index (Phi) is 4.43. The van der Waals surface area contributed by atoms with Crippen molar-refractivity contribution < 1.29 is 9.84 Å². The van der Waals surface area contributed by atoms with Crippen LogP contribution in [0.25, 0.3) is 0 Å². The Morgan fingerprint density at radius 2 is 2.06 bits per heavy atom. The van der Waals surface area contributed by atoms with E-state index in [0.29, 0.717) is 0 Å². The predicted octanol–water partition coefficient (Wildman–Crippen LogP) is 3.45. The van der Waals surface area contributed by atoms with Crippen LogP contribution in [-0.4, -0.2) is 11.7 Å². The highest BCUT2D eigenvalue weighted by atomic mass is 16.5. The van der Waals surface area contributed by atoms with Gasteiger partial charge in [0.2, 0.25) is 0 Å². The highest BCUT2D eigenvalue weighted by Crippen LogP contribution is 2.29. The van der Waals surface area contributed by atoms with Gasteiger partial charge in [0.15, 0.2) is 0 Å². The van der Waals surface area contributed by atoms with E-state index in [4.69, 9.17) is 4.74 Å². The fourth-order valence-electron chi connectivity index (χ4n) is 2.67. The monoisotopic (exact) mass is 234 g/mol. The van der Waals surface area contributed by atoms with Crippen LogP contribution >= 0.6 is 0 Å². The number of para-hydroxylation sites is 1. The minimum absolute atomic E-state index is 0.0560. The molecular weight excluding hydrogens is 212 g/mol. The maximum absolute atomic E-state index is 9.27. The van der Waals surface area contributed by atoms with E-state index in [1.165, 1.54) is 25.7 Å². The maximum atomic E-state index is 9.27. The summed E-state index contributed by atoms with van der Waals surface area (Å²) in [7, 11) is 0. The minimum Gasteiger partial charge on any atom is -0.493 e. The first kappa shape index (κ1) is 12.4. The lowest BCUT2D eigenvalue weighted by Gasteiger charge is -2.14. The van der Waals surface area contributed by atoms with Gasteiger partial charge in [-0.05, 0) is 24.8 Å². The fourth-order valence-corrected chi connectivity index (χ4v) is 2.67. The summed E-state index contributed by atoms with van der Waals surface area (Å²) in [4.78, 5) is 0. The predicted molar refractivity (Wildman–Crippen MR) is 69.2 cm³/mol. The van der Waals surface area contributed by atoms with Crippen molar-refractivity contribution >= 4 is 0 Å². The standard InChI is InChI=1S/C15H22O2/c1-12-5-4-8-14(11-16)15(12)17-10-9-13-6-2-3-7-13/h4-5,8,13,16H,2-3,6-7,9-11H2,1H3. The van der Waals surface area contributed by atoms with E-state index >= 15 is 0 Å². The molecule has 17 heavy (non-hydrogen) atoms. The van der Waals surface area contributed by atoms with Gasteiger partial charge >= 0.3 is 0 Å². The Morgan fingerprint density at radius 3 is 2.76 bits per heavy atom. The normalized spacial score (nSPS) is 16.4. The van der Waals surface area contributed by atoms with Crippen molar-refractivity contribution in [3.05, 3.63) is 29.3 Å². The van der Waals surface area contributed by atoms with Crippen LogP contribution in [0.5, 0.6) is 5.75 Å². The number of aliphatic hydroxyl groups is 1. The number of hydrogen-bond acceptors (Lipinski definition) is 2. The Labute approximate surface area is 104 Å². The van der Waals surface area contributed by atoms with Gasteiger partial charge in [0, 0.05) is 5.56 Å². The molecule has 0 spiro atoms. The molecule has 0 unspecified atom stereocenters. The lowest BCUT2D eigenvalue weighted by atomic mass is 10.1. The van der Waals surface area contributed by atoms with Crippen LogP contribution < -0.4 is 4.74 Å². The number of aryl methyl sites for hydroxylation is 1. The number of ether oxygens (including phenoxy) is 1. The first-order chi connectivity index (χ1) is 8.31. The second kappa shape index (κ2) is 6.06. The van der Waals surface area contributed by atoms with Crippen LogP contribution in [0.2, 0.25) is 0 Å². The molecule has 0 aliphatic heterocycles. The molecule has 2 heteroatoms. The van der Waals surface area contributed by atoms with Crippen LogP contribution in [0.15, 0.2) is 18.2 Å². The summed E-state index contributed by atoms with van der Waals surface area (Å²) in [6, 6.07) is 5.92. The first-order valence-corrected chi connectivity index (χ1v) is 6.63. The SMILES string of the molecule is Cc1cccc(CO)c1OCCC1CCCC1. The average molecular weight is 234 g/mol. The first-order valence-electron chi connectivity index (χ1n) is 6.63. The molecule has 0 aromatic heterocycles. The van der Waals surface area contributed by atoms with Crippen molar-refractivity contribution in [2.45, 2.75) is 45.6 Å². The Hall–Kier alpha value is -1.02. The van der Waals surface area contributed by atoms with Gasteiger partial charge in [0.25, 0.3) is 0 Å². The molecule has 1 aromatic carbocycles. The summed E-state index contributed by atoms with van der Waals surface area (Å²) < 4.78 is 5.86. The molecule has 0 radical (unpaired) electrons. The zero-order valence-electron chi connectivity index (χ0n) is 10.6. The molecule has 0 heterocycles. The van der Waals surface area contributed by atoms with Gasteiger partial charge < -0.3 is 9.84 Å². The highest BCUT2D eigenvalue weighted by Gasteiger charge is 2.15. The molecule has 1 N–H and O–H groups in total. The van der Waals surface area contributed by atoms with Crippen molar-refractivity contribution in [1.29, 1.82) is 0 Å². The van der Waals surface area contributed by atoms with Gasteiger partial charge in [-0.15, -0.1) is 0 Å². The molecule has 1 aliphatic rings. The van der Waals surface area contributed by atoms with Crippen molar-refractivity contribution in [1.82, 2.24) is 0 Å². The Morgan fingerprint density at radius 1 is 1.29 bits per heavy atom. The van der Waals surface area contributed by atoms with Crippen LogP contribution in [0.3, 0.4) is 0 Å². The second-order valence-electron chi connectivity index (χ2n) is 5.01. The summed E-state index contributed by atoms with van der Waals surface area (Å²) >= 11 is 0. The molecule has 2 rings (SSSR count). The summed E-state index contributed by atoms with van der Waals surface area (Å²) in [5.74, 6) is 1.74. The van der Waals surface area contributed by atoms with E-state index in [1.807, 2.05) is 25.1 Å². The highest BCUT2D eigenvalue weighted by molar-refractivity contribution is 5.40. The molecular formula is C15H22O2. The van der Waals surface area contributed by atoms with Gasteiger partial charge in [0.1, 0.15) is 5.75 Å². The quantitative estimate of drug-likeness (QED) is 0.845. The summed E-state index contributed by atoms with van der Waals surface area (Å²) in [6.45, 7) is 2.87. The van der Waals surface area contributed by atoms with E-state index in [9.17, 15) is 5.11 Å². The van der Waals surface area contributed by atoms with Crippen molar-refractivity contribution in [3.8, 4) is 5.75 Å². The minimum atomic E-state index is 0.0560. The van der Waals surface area contributed by atoms with Crippen molar-refractivity contribution in [2.75, 3.05) is 6.61 Å². The van der Waals surface area contributed by atoms with E-state index in [2.05, 4.69) is 0 Å². The van der Waals surface area contributed by atoms with E-state index in [-0.39, 0.29) is 6.61 Å². The second-order valence-corrected chi connectivity index (χ2v) is 5.01. The smallest absolute Gasteiger partial charge is 0.127 e. The van der Waals surface area contributed by atoms with E-state index in [1.54, 1.807) is 0 Å². The molecule has 0 saturated heterocycles. The number of rotatable bonds is 5. The van der Waals surface area contributed by atoms with E-state index < -0.39 is 0 Å². The van der Waals surface area contributed by atoms with Gasteiger partial charge in [-0.2, -0.15) is 0 Å². The lowest BCUT2D eigenvalue weighted by Crippen LogP contribution is -2.06. The van der Waals surface area contributed by atoms with Gasteiger partial charge in [-0.3, -0.25) is 0 Å². The van der Waals surface area contributed by atoms with Gasteiger partial charge in [0.05, 0.1) is 13.2 Å². The third kappa shape index (κ3) is 3.22. The molecule has 0 atom stereocenters. The summed E-state index contributed by atoms with van der Waals surface area (Å²) in [5, 5.41) is 9.27. The molecule has 1 aliphatic carbocycles. The molecule has 94 valence electrons. The van der Waals surface area contributed by atoms with Crippen LogP contribution in [0, 0.1) is 12.8 Å².